The van der Waals surface area contributed by atoms with Crippen LogP contribution in [0.2, 0.25) is 0 Å². The number of hydrogen-bond acceptors (Lipinski definition) is 12. The molecule has 12 nitrogen and oxygen atoms in total. The number of nitrogens with one attached hydrogen (secondary N) is 1. The van der Waals surface area contributed by atoms with Crippen molar-refractivity contribution in [3.05, 3.63) is 98.2 Å². The van der Waals surface area contributed by atoms with Gasteiger partial charge in [0.1, 0.15) is 5.69 Å². The smallest absolute Gasteiger partial charge is 0.184 e. The molecule has 190 valence electrons. The van der Waals surface area contributed by atoms with Crippen LogP contribution in [0.5, 0.6) is 0 Å². The van der Waals surface area contributed by atoms with Crippen molar-refractivity contribution in [1.29, 1.82) is 0 Å². The fourth-order valence-electron chi connectivity index (χ4n) is 4.57. The molecule has 5 aromatic heterocycles. The number of benzene rings is 1. The molecule has 1 aliphatic heterocycles. The van der Waals surface area contributed by atoms with E-state index in [0.717, 1.165) is 10.9 Å². The van der Waals surface area contributed by atoms with Gasteiger partial charge in [0.25, 0.3) is 0 Å². The highest BCUT2D eigenvalue weighted by atomic mass is 15.7. The molecule has 40 heavy (non-hydrogen) atoms. The molecular formula is C28H18N12. The predicted octanol–water partition coefficient (Wildman–Crippen LogP) is 3.89. The van der Waals surface area contributed by atoms with E-state index in [4.69, 9.17) is 9.97 Å². The number of rotatable bonds is 5. The van der Waals surface area contributed by atoms with E-state index in [1.807, 2.05) is 30.3 Å². The molecule has 0 atom stereocenters. The average Bonchev–Trinajstić information content (AvgIpc) is 3.05. The van der Waals surface area contributed by atoms with Crippen LogP contribution in [-0.2, 0) is 0 Å². The lowest BCUT2D eigenvalue weighted by molar-refractivity contribution is 0.775. The Morgan fingerprint density at radius 2 is 1.52 bits per heavy atom. The molecule has 0 spiro atoms. The Bertz CT molecular complexity index is 1860. The zero-order valence-corrected chi connectivity index (χ0v) is 20.7. The van der Waals surface area contributed by atoms with Gasteiger partial charge >= 0.3 is 0 Å². The van der Waals surface area contributed by atoms with E-state index in [0.29, 0.717) is 51.1 Å². The molecule has 1 aromatic carbocycles. The normalized spacial score (nSPS) is 12.4. The van der Waals surface area contributed by atoms with Gasteiger partial charge in [-0.25, -0.2) is 19.9 Å². The van der Waals surface area contributed by atoms with Crippen LogP contribution in [0, 0.1) is 0 Å². The molecule has 6 aromatic rings. The van der Waals surface area contributed by atoms with Gasteiger partial charge < -0.3 is 0 Å². The van der Waals surface area contributed by atoms with E-state index in [1.165, 1.54) is 6.20 Å². The number of fused-ring (bicyclic) bond motifs is 1. The Morgan fingerprint density at radius 1 is 0.675 bits per heavy atom. The molecule has 0 aliphatic carbocycles. The van der Waals surface area contributed by atoms with Crippen LogP contribution in [0.25, 0.3) is 56.3 Å². The van der Waals surface area contributed by atoms with Crippen LogP contribution in [-0.4, -0.2) is 51.3 Å². The van der Waals surface area contributed by atoms with E-state index in [2.05, 4.69) is 45.6 Å². The molecule has 0 bridgehead atoms. The number of nitrogens with zero attached hydrogens (tertiary/aromatic N) is 11. The summed E-state index contributed by atoms with van der Waals surface area (Å²) in [4.78, 5) is 32.5. The number of hydrazine groups is 1. The van der Waals surface area contributed by atoms with Crippen molar-refractivity contribution in [2.45, 2.75) is 0 Å². The van der Waals surface area contributed by atoms with Gasteiger partial charge in [-0.2, -0.15) is 15.3 Å². The molecule has 0 unspecified atom stereocenters. The van der Waals surface area contributed by atoms with Gasteiger partial charge in [-0.15, -0.1) is 5.10 Å². The fraction of sp³-hybridized carbons (Fsp3) is 0. The summed E-state index contributed by atoms with van der Waals surface area (Å²) in [6.45, 7) is 0. The summed E-state index contributed by atoms with van der Waals surface area (Å²) in [6.07, 6.45) is 18.5. The second-order valence-corrected chi connectivity index (χ2v) is 8.47. The van der Waals surface area contributed by atoms with Crippen molar-refractivity contribution in [3.63, 3.8) is 0 Å². The van der Waals surface area contributed by atoms with Crippen molar-refractivity contribution in [3.8, 4) is 45.4 Å². The van der Waals surface area contributed by atoms with Crippen LogP contribution in [0.4, 0.5) is 5.69 Å². The molecule has 0 radical (unpaired) electrons. The minimum Gasteiger partial charge on any atom is -0.285 e. The largest absolute Gasteiger partial charge is 0.285 e. The predicted molar refractivity (Wildman–Crippen MR) is 149 cm³/mol. The molecule has 0 saturated carbocycles. The Kier molecular flexibility index (Phi) is 5.79. The van der Waals surface area contributed by atoms with Crippen molar-refractivity contribution in [2.24, 2.45) is 5.10 Å². The lowest BCUT2D eigenvalue weighted by atomic mass is 9.91. The van der Waals surface area contributed by atoms with Gasteiger partial charge in [-0.05, 0) is 36.4 Å². The minimum absolute atomic E-state index is 0.391. The Morgan fingerprint density at radius 3 is 2.27 bits per heavy atom. The summed E-state index contributed by atoms with van der Waals surface area (Å²) in [7, 11) is 0. The zero-order chi connectivity index (χ0) is 26.7. The molecule has 7 rings (SSSR count). The third-order valence-corrected chi connectivity index (χ3v) is 6.14. The van der Waals surface area contributed by atoms with Gasteiger partial charge in [-0.1, -0.05) is 6.07 Å². The fourth-order valence-corrected chi connectivity index (χ4v) is 4.57. The zero-order valence-electron chi connectivity index (χ0n) is 20.7. The number of hydrogen-bond donors (Lipinski definition) is 1. The van der Waals surface area contributed by atoms with Crippen molar-refractivity contribution in [1.82, 2.24) is 50.5 Å². The maximum atomic E-state index is 5.09. The molecule has 0 fully saturated rings. The monoisotopic (exact) mass is 522 g/mol. The van der Waals surface area contributed by atoms with Gasteiger partial charge in [0.05, 0.1) is 46.8 Å². The number of allylic oxidation sites excluding steroid dienone is 1. The highest BCUT2D eigenvalue weighted by Crippen LogP contribution is 2.46. The number of pyridine rings is 2. The minimum atomic E-state index is 0.391. The van der Waals surface area contributed by atoms with Crippen LogP contribution in [0.1, 0.15) is 0 Å². The molecule has 1 N–H and O–H groups in total. The van der Waals surface area contributed by atoms with Crippen LogP contribution >= 0.6 is 0 Å². The summed E-state index contributed by atoms with van der Waals surface area (Å²) >= 11 is 0. The molecular weight excluding hydrogens is 504 g/mol. The maximum absolute atomic E-state index is 5.09. The summed E-state index contributed by atoms with van der Waals surface area (Å²) in [5.74, 6) is 0.834. The Balaban J connectivity index is 1.69. The second-order valence-electron chi connectivity index (χ2n) is 8.47. The summed E-state index contributed by atoms with van der Waals surface area (Å²) in [5, 5.41) is 15.4. The van der Waals surface area contributed by atoms with Gasteiger partial charge in [0.2, 0.25) is 0 Å². The molecule has 6 heterocycles. The lowest BCUT2D eigenvalue weighted by Crippen LogP contribution is -2.31. The van der Waals surface area contributed by atoms with Crippen molar-refractivity contribution in [2.75, 3.05) is 5.12 Å². The first-order valence-electron chi connectivity index (χ1n) is 12.2. The highest BCUT2D eigenvalue weighted by Gasteiger charge is 2.28. The molecule has 0 amide bonds. The topological polar surface area (TPSA) is 144 Å². The van der Waals surface area contributed by atoms with Crippen LogP contribution < -0.4 is 10.5 Å². The van der Waals surface area contributed by atoms with E-state index < -0.39 is 0 Å². The summed E-state index contributed by atoms with van der Waals surface area (Å²) in [6, 6.07) is 11.3. The summed E-state index contributed by atoms with van der Waals surface area (Å²) < 4.78 is 0. The molecule has 1 aliphatic rings. The number of anilines is 1. The van der Waals surface area contributed by atoms with E-state index >= 15 is 0 Å². The van der Waals surface area contributed by atoms with E-state index in [1.54, 1.807) is 73.1 Å². The standard InChI is InChI=1S/C28H18N12/c1-2-8-30-18(5-1)22-23-19(38-26(28-32-9-3-10-33-28)24(22)20-17-29-13-14-31-20)6-7-21(40-36-11-4-12-37-40)25(23)27-34-15-16-35-39-27/h1-17,36H. The number of aromatic nitrogens is 9. The third kappa shape index (κ3) is 4.05. The van der Waals surface area contributed by atoms with Crippen LogP contribution in [0.15, 0.2) is 103 Å². The van der Waals surface area contributed by atoms with Crippen molar-refractivity contribution >= 4 is 22.8 Å². The van der Waals surface area contributed by atoms with Crippen molar-refractivity contribution < 1.29 is 0 Å². The Labute approximate surface area is 227 Å². The third-order valence-electron chi connectivity index (χ3n) is 6.14. The second kappa shape index (κ2) is 10.0. The van der Waals surface area contributed by atoms with E-state index in [-0.39, 0.29) is 0 Å². The van der Waals surface area contributed by atoms with Gasteiger partial charge in [0.15, 0.2) is 11.6 Å². The van der Waals surface area contributed by atoms with Gasteiger partial charge in [0, 0.05) is 59.9 Å². The first kappa shape index (κ1) is 23.1. The van der Waals surface area contributed by atoms with Crippen LogP contribution in [0.3, 0.4) is 0 Å². The molecule has 0 saturated heterocycles. The van der Waals surface area contributed by atoms with Gasteiger partial charge in [-0.3, -0.25) is 20.4 Å². The Hall–Kier alpha value is -6.04. The SMILES string of the molecule is C1=CNN(c2ccc3nc(-c4ncccn4)c(-c4cnccn4)c(-c4ccccn4)c3c2-c2nccnn2)N=C1. The first-order chi connectivity index (χ1) is 19.9. The van der Waals surface area contributed by atoms with E-state index in [9.17, 15) is 0 Å². The lowest BCUT2D eigenvalue weighted by Gasteiger charge is -2.25. The first-order valence-corrected chi connectivity index (χ1v) is 12.2. The summed E-state index contributed by atoms with van der Waals surface area (Å²) in [5.41, 5.74) is 8.37. The quantitative estimate of drug-likeness (QED) is 0.352. The highest BCUT2D eigenvalue weighted by molar-refractivity contribution is 6.13. The molecule has 12 heteroatoms. The number of hydrazone groups is 1. The average molecular weight is 523 g/mol. The maximum Gasteiger partial charge on any atom is 0.184 e.